The van der Waals surface area contributed by atoms with Crippen molar-refractivity contribution in [2.45, 2.75) is 357 Å². The molecule has 2 saturated heterocycles. The summed E-state index contributed by atoms with van der Waals surface area (Å²) in [6.07, 6.45) is 63.6. The molecule has 2 heterocycles. The lowest BCUT2D eigenvalue weighted by Gasteiger charge is -2.46. The van der Waals surface area contributed by atoms with Gasteiger partial charge in [-0.15, -0.1) is 0 Å². The summed E-state index contributed by atoms with van der Waals surface area (Å²) in [5.74, 6) is -0.261. The minimum absolute atomic E-state index is 0.256. The number of carbonyl (C=O) groups excluding carboxylic acids is 1. The van der Waals surface area contributed by atoms with Gasteiger partial charge < -0.3 is 65.1 Å². The van der Waals surface area contributed by atoms with Crippen LogP contribution in [-0.2, 0) is 23.7 Å². The quantitative estimate of drug-likeness (QED) is 0.0204. The van der Waals surface area contributed by atoms with Gasteiger partial charge in [-0.1, -0.05) is 285 Å². The zero-order chi connectivity index (χ0) is 63.8. The third-order valence-electron chi connectivity index (χ3n) is 17.1. The maximum Gasteiger partial charge on any atom is 0.220 e. The number of hydrogen-bond acceptors (Lipinski definition) is 13. The van der Waals surface area contributed by atoms with E-state index < -0.39 is 86.8 Å². The molecule has 0 bridgehead atoms. The first-order valence-corrected chi connectivity index (χ1v) is 35.8. The Labute approximate surface area is 535 Å². The molecular formula is C74H131NO13. The number of unbranched alkanes of at least 4 members (excludes halogenated alkanes) is 33. The zero-order valence-electron chi connectivity index (χ0n) is 55.4. The number of rotatable bonds is 58. The first kappa shape index (κ1) is 81.3. The maximum absolute atomic E-state index is 13.3. The topological polar surface area (TPSA) is 228 Å². The second-order valence-corrected chi connectivity index (χ2v) is 25.0. The predicted molar refractivity (Wildman–Crippen MR) is 360 cm³/mol. The largest absolute Gasteiger partial charge is 0.394 e. The van der Waals surface area contributed by atoms with Crippen LogP contribution in [0.5, 0.6) is 0 Å². The molecule has 0 saturated carbocycles. The molecule has 9 N–H and O–H groups in total. The second kappa shape index (κ2) is 58.0. The molecule has 0 aromatic heterocycles. The van der Waals surface area contributed by atoms with Crippen molar-refractivity contribution in [3.8, 4) is 0 Å². The van der Waals surface area contributed by atoms with E-state index in [9.17, 15) is 45.6 Å². The van der Waals surface area contributed by atoms with Crippen LogP contribution in [0.15, 0.2) is 85.1 Å². The van der Waals surface area contributed by atoms with Gasteiger partial charge in [-0.25, -0.2) is 0 Å². The number of carbonyl (C=O) groups is 1. The third-order valence-corrected chi connectivity index (χ3v) is 17.1. The molecular weight excluding hydrogens is 1110 g/mol. The smallest absolute Gasteiger partial charge is 0.220 e. The van der Waals surface area contributed by atoms with Crippen LogP contribution in [0.4, 0.5) is 0 Å². The summed E-state index contributed by atoms with van der Waals surface area (Å²) in [5, 5.41) is 87.4. The van der Waals surface area contributed by atoms with Crippen molar-refractivity contribution in [2.24, 2.45) is 0 Å². The van der Waals surface area contributed by atoms with E-state index >= 15 is 0 Å². The van der Waals surface area contributed by atoms with Crippen LogP contribution in [0, 0.1) is 0 Å². The summed E-state index contributed by atoms with van der Waals surface area (Å²) in [6, 6.07) is -0.945. The number of allylic oxidation sites excluding steroid dienone is 13. The number of nitrogens with one attached hydrogen (secondary N) is 1. The van der Waals surface area contributed by atoms with Gasteiger partial charge in [0.25, 0.3) is 0 Å². The van der Waals surface area contributed by atoms with Gasteiger partial charge in [0, 0.05) is 6.42 Å². The fourth-order valence-electron chi connectivity index (χ4n) is 11.4. The Hall–Kier alpha value is -2.83. The standard InChI is InChI=1S/C74H131NO13/c1-3-5-7-9-11-13-15-17-19-21-23-25-27-28-29-30-31-32-33-34-36-37-39-41-43-45-47-49-51-53-55-57-63(78)62(61-85-73-71(84)69(82)72(65(60-77)87-73)88-74-70(83)68(81)67(80)64(59-76)86-74)75-66(79)58-56-54-52-50-48-46-44-42-40-38-35-26-24-22-20-18-16-14-12-10-8-6-4-2/h6,8,12,14,18,20,24,26,38,40,47,49,55,57,62-65,67-74,76-78,80-84H,3-5,7,9-11,13,15-17,19,21-23,25,27-37,39,41-46,48,50-54,56,58-61H2,1-2H3,(H,75,79)/b8-6-,14-12-,20-18-,26-24-,40-38-,49-47+,57-55+. The van der Waals surface area contributed by atoms with Crippen LogP contribution in [-0.4, -0.2) is 140 Å². The van der Waals surface area contributed by atoms with E-state index in [1.165, 1.54) is 167 Å². The lowest BCUT2D eigenvalue weighted by atomic mass is 9.97. The summed E-state index contributed by atoms with van der Waals surface area (Å²) < 4.78 is 22.8. The molecule has 1 amide bonds. The molecule has 12 atom stereocenters. The van der Waals surface area contributed by atoms with Crippen LogP contribution in [0.1, 0.15) is 284 Å². The summed E-state index contributed by atoms with van der Waals surface area (Å²) in [5.41, 5.74) is 0. The normalized spacial score (nSPS) is 23.7. The van der Waals surface area contributed by atoms with Crippen molar-refractivity contribution in [3.63, 3.8) is 0 Å². The Bertz CT molecular complexity index is 1800. The van der Waals surface area contributed by atoms with Crippen molar-refractivity contribution < 1.29 is 64.6 Å². The highest BCUT2D eigenvalue weighted by atomic mass is 16.7. The summed E-state index contributed by atoms with van der Waals surface area (Å²) in [7, 11) is 0. The van der Waals surface area contributed by atoms with E-state index in [1.807, 2.05) is 6.08 Å². The Morgan fingerprint density at radius 3 is 1.25 bits per heavy atom. The molecule has 2 aliphatic heterocycles. The van der Waals surface area contributed by atoms with Crippen molar-refractivity contribution in [2.75, 3.05) is 19.8 Å². The fourth-order valence-corrected chi connectivity index (χ4v) is 11.4. The number of hydrogen-bond donors (Lipinski definition) is 9. The van der Waals surface area contributed by atoms with Crippen LogP contribution in [0.25, 0.3) is 0 Å². The minimum atomic E-state index is -1.80. The first-order valence-electron chi connectivity index (χ1n) is 35.8. The summed E-state index contributed by atoms with van der Waals surface area (Å²) in [4.78, 5) is 13.3. The molecule has 0 aromatic carbocycles. The number of aliphatic hydroxyl groups is 8. The Kier molecular flexibility index (Phi) is 53.6. The molecule has 2 rings (SSSR count). The summed E-state index contributed by atoms with van der Waals surface area (Å²) in [6.45, 7) is 2.68. The van der Waals surface area contributed by atoms with Crippen LogP contribution < -0.4 is 5.32 Å². The Morgan fingerprint density at radius 1 is 0.420 bits per heavy atom. The molecule has 510 valence electrons. The minimum Gasteiger partial charge on any atom is -0.394 e. The average Bonchev–Trinajstić information content (AvgIpc) is 1.78. The number of amides is 1. The highest BCUT2D eigenvalue weighted by Gasteiger charge is 2.51. The molecule has 0 aromatic rings. The molecule has 0 radical (unpaired) electrons. The van der Waals surface area contributed by atoms with E-state index in [2.05, 4.69) is 92.1 Å². The van der Waals surface area contributed by atoms with Crippen molar-refractivity contribution in [3.05, 3.63) is 85.1 Å². The van der Waals surface area contributed by atoms with Crippen LogP contribution in [0.3, 0.4) is 0 Å². The zero-order valence-corrected chi connectivity index (χ0v) is 55.4. The first-order chi connectivity index (χ1) is 43.1. The van der Waals surface area contributed by atoms with E-state index in [1.54, 1.807) is 6.08 Å². The summed E-state index contributed by atoms with van der Waals surface area (Å²) >= 11 is 0. The van der Waals surface area contributed by atoms with Gasteiger partial charge >= 0.3 is 0 Å². The highest BCUT2D eigenvalue weighted by molar-refractivity contribution is 5.76. The van der Waals surface area contributed by atoms with E-state index in [0.717, 1.165) is 83.5 Å². The van der Waals surface area contributed by atoms with Gasteiger partial charge in [-0.2, -0.15) is 0 Å². The van der Waals surface area contributed by atoms with Gasteiger partial charge in [0.15, 0.2) is 12.6 Å². The predicted octanol–water partition coefficient (Wildman–Crippen LogP) is 14.8. The van der Waals surface area contributed by atoms with Crippen molar-refractivity contribution in [1.29, 1.82) is 0 Å². The number of aliphatic hydroxyl groups excluding tert-OH is 8. The Morgan fingerprint density at radius 2 is 0.795 bits per heavy atom. The lowest BCUT2D eigenvalue weighted by Crippen LogP contribution is -2.65. The molecule has 14 heteroatoms. The van der Waals surface area contributed by atoms with Gasteiger partial charge in [0.2, 0.25) is 5.91 Å². The lowest BCUT2D eigenvalue weighted by molar-refractivity contribution is -0.359. The molecule has 0 aliphatic carbocycles. The molecule has 2 aliphatic rings. The van der Waals surface area contributed by atoms with E-state index in [0.29, 0.717) is 12.8 Å². The average molecular weight is 1240 g/mol. The van der Waals surface area contributed by atoms with Gasteiger partial charge in [0.05, 0.1) is 32.0 Å². The van der Waals surface area contributed by atoms with Crippen LogP contribution in [0.2, 0.25) is 0 Å². The molecule has 2 fully saturated rings. The van der Waals surface area contributed by atoms with E-state index in [-0.39, 0.29) is 18.9 Å². The monoisotopic (exact) mass is 1240 g/mol. The molecule has 88 heavy (non-hydrogen) atoms. The molecule has 12 unspecified atom stereocenters. The number of ether oxygens (including phenoxy) is 4. The maximum atomic E-state index is 13.3. The van der Waals surface area contributed by atoms with Crippen molar-refractivity contribution in [1.82, 2.24) is 5.32 Å². The highest BCUT2D eigenvalue weighted by Crippen LogP contribution is 2.30. The van der Waals surface area contributed by atoms with Gasteiger partial charge in [-0.05, 0) is 77.0 Å². The Balaban J connectivity index is 1.69. The third kappa shape index (κ3) is 41.6. The van der Waals surface area contributed by atoms with Gasteiger partial charge in [0.1, 0.15) is 48.8 Å². The fraction of sp³-hybridized carbons (Fsp3) is 0.797. The van der Waals surface area contributed by atoms with Crippen LogP contribution >= 0.6 is 0 Å². The molecule has 14 nitrogen and oxygen atoms in total. The molecule has 0 spiro atoms. The SMILES string of the molecule is CC/C=C\C/C=C\C/C=C\C/C=C\C/C=C\CCCCCCCCCC(=O)NC(COC1OC(CO)C(OC2OC(CO)C(O)C(O)C2O)C(O)C1O)C(O)/C=C/CC/C=C/CCCCCCCCCCCCCCCCCCCCCCCCCCC. The second-order valence-electron chi connectivity index (χ2n) is 25.0. The van der Waals surface area contributed by atoms with Gasteiger partial charge in [-0.3, -0.25) is 4.79 Å². The van der Waals surface area contributed by atoms with Crippen molar-refractivity contribution >= 4 is 5.91 Å². The van der Waals surface area contributed by atoms with E-state index in [4.69, 9.17) is 18.9 Å².